The Bertz CT molecular complexity index is 615. The number of benzene rings is 1. The summed E-state index contributed by atoms with van der Waals surface area (Å²) in [5.74, 6) is -1.19. The van der Waals surface area contributed by atoms with Crippen LogP contribution in [0.3, 0.4) is 0 Å². The highest BCUT2D eigenvalue weighted by Gasteiger charge is 2.40. The second kappa shape index (κ2) is 5.38. The van der Waals surface area contributed by atoms with Crippen molar-refractivity contribution in [1.29, 1.82) is 0 Å². The largest absolute Gasteiger partial charge is 0.457 e. The van der Waals surface area contributed by atoms with E-state index in [0.29, 0.717) is 5.13 Å². The predicted molar refractivity (Wildman–Crippen MR) is 71.9 cm³/mol. The number of nitrogens with zero attached hydrogens (tertiary/aromatic N) is 2. The van der Waals surface area contributed by atoms with Crippen LogP contribution in [0.15, 0.2) is 35.8 Å². The van der Waals surface area contributed by atoms with Gasteiger partial charge in [0.05, 0.1) is 12.3 Å². The number of rotatable bonds is 3. The molecule has 0 aliphatic carbocycles. The van der Waals surface area contributed by atoms with E-state index in [4.69, 9.17) is 4.74 Å². The highest BCUT2D eigenvalue weighted by molar-refractivity contribution is 7.13. The van der Waals surface area contributed by atoms with Crippen molar-refractivity contribution in [1.82, 2.24) is 10.2 Å². The molecule has 1 saturated heterocycles. The Balaban J connectivity index is 1.80. The molecule has 0 spiro atoms. The van der Waals surface area contributed by atoms with Gasteiger partial charge in [-0.3, -0.25) is 9.59 Å². The fourth-order valence-electron chi connectivity index (χ4n) is 2.16. The molecule has 1 aromatic carbocycles. The van der Waals surface area contributed by atoms with E-state index < -0.39 is 12.0 Å². The molecule has 20 heavy (non-hydrogen) atoms. The first-order valence-corrected chi connectivity index (χ1v) is 6.93. The molecule has 1 aliphatic rings. The first-order valence-electron chi connectivity index (χ1n) is 6.05. The van der Waals surface area contributed by atoms with Crippen LogP contribution in [0.2, 0.25) is 0 Å². The lowest BCUT2D eigenvalue weighted by Crippen LogP contribution is -2.25. The molecule has 1 aliphatic heterocycles. The minimum absolute atomic E-state index is 0.0736. The third-order valence-electron chi connectivity index (χ3n) is 3.07. The van der Waals surface area contributed by atoms with Gasteiger partial charge in [0.25, 0.3) is 0 Å². The van der Waals surface area contributed by atoms with Crippen molar-refractivity contribution in [2.75, 3.05) is 5.32 Å². The van der Waals surface area contributed by atoms with Gasteiger partial charge < -0.3 is 10.1 Å². The maximum Gasteiger partial charge on any atom is 0.307 e. The molecule has 0 saturated carbocycles. The zero-order chi connectivity index (χ0) is 13.9. The maximum atomic E-state index is 12.2. The van der Waals surface area contributed by atoms with Crippen molar-refractivity contribution >= 4 is 28.3 Å². The minimum Gasteiger partial charge on any atom is -0.457 e. The van der Waals surface area contributed by atoms with E-state index in [-0.39, 0.29) is 18.3 Å². The van der Waals surface area contributed by atoms with Crippen LogP contribution in [0.4, 0.5) is 5.13 Å². The molecule has 2 aromatic rings. The molecule has 3 rings (SSSR count). The molecule has 1 aromatic heterocycles. The van der Waals surface area contributed by atoms with Crippen LogP contribution in [0.1, 0.15) is 18.1 Å². The number of amides is 1. The van der Waals surface area contributed by atoms with Crippen molar-refractivity contribution in [2.45, 2.75) is 12.5 Å². The van der Waals surface area contributed by atoms with Gasteiger partial charge in [-0.1, -0.05) is 41.7 Å². The SMILES string of the molecule is O=C1CC(C(=O)Nc2nncs2)C(c2ccccc2)O1. The second-order valence-corrected chi connectivity index (χ2v) is 5.20. The topological polar surface area (TPSA) is 81.2 Å². The van der Waals surface area contributed by atoms with Gasteiger partial charge in [-0.05, 0) is 5.56 Å². The zero-order valence-corrected chi connectivity index (χ0v) is 11.2. The summed E-state index contributed by atoms with van der Waals surface area (Å²) in [5.41, 5.74) is 2.34. The number of hydrogen-bond donors (Lipinski definition) is 1. The molecular weight excluding hydrogens is 278 g/mol. The molecule has 2 unspecified atom stereocenters. The number of aromatic nitrogens is 2. The molecular formula is C13H11N3O3S. The minimum atomic E-state index is -0.547. The Kier molecular flexibility index (Phi) is 3.42. The number of anilines is 1. The molecule has 0 bridgehead atoms. The molecule has 7 heteroatoms. The van der Waals surface area contributed by atoms with Gasteiger partial charge in [0.1, 0.15) is 11.6 Å². The number of hydrogen-bond acceptors (Lipinski definition) is 6. The number of carbonyl (C=O) groups excluding carboxylic acids is 2. The molecule has 6 nitrogen and oxygen atoms in total. The number of ether oxygens (including phenoxy) is 1. The standard InChI is InChI=1S/C13H11N3O3S/c17-10-6-9(12(18)15-13-16-14-7-20-13)11(19-10)8-4-2-1-3-5-8/h1-5,7,9,11H,6H2,(H,15,16,18). The lowest BCUT2D eigenvalue weighted by atomic mass is 9.94. The van der Waals surface area contributed by atoms with Crippen LogP contribution in [-0.2, 0) is 14.3 Å². The van der Waals surface area contributed by atoms with Gasteiger partial charge >= 0.3 is 5.97 Å². The van der Waals surface area contributed by atoms with Crippen LogP contribution in [0.5, 0.6) is 0 Å². The summed E-state index contributed by atoms with van der Waals surface area (Å²) in [5, 5.41) is 10.5. The highest BCUT2D eigenvalue weighted by atomic mass is 32.1. The summed E-state index contributed by atoms with van der Waals surface area (Å²) in [6.07, 6.45) is -0.471. The van der Waals surface area contributed by atoms with Gasteiger partial charge in [0.2, 0.25) is 11.0 Å². The van der Waals surface area contributed by atoms with Gasteiger partial charge in [-0.25, -0.2) is 0 Å². The highest BCUT2D eigenvalue weighted by Crippen LogP contribution is 2.36. The first-order chi connectivity index (χ1) is 9.74. The Morgan fingerprint density at radius 1 is 1.35 bits per heavy atom. The Labute approximate surface area is 118 Å². The number of nitrogens with one attached hydrogen (secondary N) is 1. The normalized spacial score (nSPS) is 21.5. The zero-order valence-electron chi connectivity index (χ0n) is 10.4. The maximum absolute atomic E-state index is 12.2. The molecule has 2 heterocycles. The lowest BCUT2D eigenvalue weighted by Gasteiger charge is -2.16. The summed E-state index contributed by atoms with van der Waals surface area (Å²) in [7, 11) is 0. The van der Waals surface area contributed by atoms with Crippen LogP contribution in [0, 0.1) is 5.92 Å². The van der Waals surface area contributed by atoms with Crippen LogP contribution < -0.4 is 5.32 Å². The molecule has 1 fully saturated rings. The lowest BCUT2D eigenvalue weighted by molar-refractivity contribution is -0.141. The van der Waals surface area contributed by atoms with Gasteiger partial charge in [0, 0.05) is 0 Å². The monoisotopic (exact) mass is 289 g/mol. The van der Waals surface area contributed by atoms with Crippen LogP contribution in [0.25, 0.3) is 0 Å². The number of esters is 1. The quantitative estimate of drug-likeness (QED) is 0.871. The molecule has 102 valence electrons. The van der Waals surface area contributed by atoms with Gasteiger partial charge in [0.15, 0.2) is 0 Å². The summed E-state index contributed by atoms with van der Waals surface area (Å²) in [4.78, 5) is 23.8. The number of cyclic esters (lactones) is 1. The Morgan fingerprint density at radius 3 is 2.85 bits per heavy atom. The van der Waals surface area contributed by atoms with E-state index in [9.17, 15) is 9.59 Å². The second-order valence-electron chi connectivity index (χ2n) is 4.36. The van der Waals surface area contributed by atoms with Crippen LogP contribution in [-0.4, -0.2) is 22.1 Å². The van der Waals surface area contributed by atoms with Gasteiger partial charge in [-0.2, -0.15) is 0 Å². The van der Waals surface area contributed by atoms with E-state index in [2.05, 4.69) is 15.5 Å². The predicted octanol–water partition coefficient (Wildman–Crippen LogP) is 1.78. The van der Waals surface area contributed by atoms with Crippen molar-refractivity contribution in [3.63, 3.8) is 0 Å². The first kappa shape index (κ1) is 12.7. The van der Waals surface area contributed by atoms with Crippen LogP contribution >= 0.6 is 11.3 Å². The third kappa shape index (κ3) is 2.53. The molecule has 2 atom stereocenters. The molecule has 1 amide bonds. The fraction of sp³-hybridized carbons (Fsp3) is 0.231. The van der Waals surface area contributed by atoms with Crippen molar-refractivity contribution in [3.05, 3.63) is 41.4 Å². The Morgan fingerprint density at radius 2 is 2.15 bits per heavy atom. The third-order valence-corrected chi connectivity index (χ3v) is 3.67. The van der Waals surface area contributed by atoms with E-state index in [1.807, 2.05) is 30.3 Å². The van der Waals surface area contributed by atoms with E-state index in [0.717, 1.165) is 5.56 Å². The Hall–Kier alpha value is -2.28. The summed E-state index contributed by atoms with van der Waals surface area (Å²) >= 11 is 1.23. The summed E-state index contributed by atoms with van der Waals surface area (Å²) in [6, 6.07) is 9.25. The average Bonchev–Trinajstić information content (AvgIpc) is 3.09. The fourth-order valence-corrected chi connectivity index (χ4v) is 2.61. The van der Waals surface area contributed by atoms with Crippen molar-refractivity contribution in [3.8, 4) is 0 Å². The summed E-state index contributed by atoms with van der Waals surface area (Å²) < 4.78 is 5.27. The summed E-state index contributed by atoms with van der Waals surface area (Å²) in [6.45, 7) is 0. The molecule has 0 radical (unpaired) electrons. The average molecular weight is 289 g/mol. The van der Waals surface area contributed by atoms with E-state index in [1.165, 1.54) is 16.8 Å². The smallest absolute Gasteiger partial charge is 0.307 e. The van der Waals surface area contributed by atoms with Crippen molar-refractivity contribution < 1.29 is 14.3 Å². The van der Waals surface area contributed by atoms with E-state index in [1.54, 1.807) is 0 Å². The van der Waals surface area contributed by atoms with Gasteiger partial charge in [-0.15, -0.1) is 10.2 Å². The van der Waals surface area contributed by atoms with Crippen molar-refractivity contribution in [2.24, 2.45) is 5.92 Å². The molecule has 1 N–H and O–H groups in total. The van der Waals surface area contributed by atoms with E-state index >= 15 is 0 Å². The number of carbonyl (C=O) groups is 2.